The monoisotopic (exact) mass is 188 g/mol. The van der Waals surface area contributed by atoms with Gasteiger partial charge in [-0.1, -0.05) is 42.5 Å². The maximum atomic E-state index is 5.63. The minimum atomic E-state index is 0.103. The van der Waals surface area contributed by atoms with Gasteiger partial charge in [0.1, 0.15) is 0 Å². The number of hydrogen-bond acceptors (Lipinski definition) is 1. The predicted molar refractivity (Wildman–Crippen MR) is 60.1 cm³/mol. The summed E-state index contributed by atoms with van der Waals surface area (Å²) in [5.41, 5.74) is 1.19. The van der Waals surface area contributed by atoms with Gasteiger partial charge >= 0.3 is 0 Å². The zero-order chi connectivity index (χ0) is 10.2. The van der Waals surface area contributed by atoms with Crippen LogP contribution in [0.15, 0.2) is 55.6 Å². The Morgan fingerprint density at radius 1 is 1.14 bits per heavy atom. The van der Waals surface area contributed by atoms with Crippen molar-refractivity contribution >= 4 is 0 Å². The van der Waals surface area contributed by atoms with E-state index in [4.69, 9.17) is 4.74 Å². The maximum absolute atomic E-state index is 5.63. The third-order valence-corrected chi connectivity index (χ3v) is 1.97. The summed E-state index contributed by atoms with van der Waals surface area (Å²) in [6.07, 6.45) is 4.57. The van der Waals surface area contributed by atoms with E-state index < -0.39 is 0 Å². The first-order valence-electron chi connectivity index (χ1n) is 4.76. The second-order valence-electron chi connectivity index (χ2n) is 3.05. The van der Waals surface area contributed by atoms with Crippen molar-refractivity contribution in [3.05, 3.63) is 61.2 Å². The lowest BCUT2D eigenvalue weighted by Gasteiger charge is -2.15. The summed E-state index contributed by atoms with van der Waals surface area (Å²) in [4.78, 5) is 0. The summed E-state index contributed by atoms with van der Waals surface area (Å²) >= 11 is 0. The van der Waals surface area contributed by atoms with Gasteiger partial charge in [0.15, 0.2) is 0 Å². The van der Waals surface area contributed by atoms with Crippen molar-refractivity contribution in [2.24, 2.45) is 0 Å². The Balaban J connectivity index is 2.66. The number of benzene rings is 1. The van der Waals surface area contributed by atoms with Crippen molar-refractivity contribution in [2.45, 2.75) is 12.5 Å². The highest BCUT2D eigenvalue weighted by molar-refractivity contribution is 5.18. The molecule has 0 N–H and O–H groups in total. The van der Waals surface area contributed by atoms with Crippen LogP contribution >= 0.6 is 0 Å². The molecule has 0 radical (unpaired) electrons. The van der Waals surface area contributed by atoms with E-state index in [0.717, 1.165) is 6.42 Å². The first kappa shape index (κ1) is 10.7. The van der Waals surface area contributed by atoms with Gasteiger partial charge in [0.25, 0.3) is 0 Å². The first-order chi connectivity index (χ1) is 6.88. The summed E-state index contributed by atoms with van der Waals surface area (Å²) in [6.45, 7) is 7.94. The van der Waals surface area contributed by atoms with Crippen molar-refractivity contribution in [3.8, 4) is 0 Å². The number of ether oxygens (including phenoxy) is 1. The third-order valence-electron chi connectivity index (χ3n) is 1.97. The van der Waals surface area contributed by atoms with Crippen LogP contribution in [-0.4, -0.2) is 6.61 Å². The minimum Gasteiger partial charge on any atom is -0.369 e. The van der Waals surface area contributed by atoms with E-state index in [0.29, 0.717) is 6.61 Å². The molecule has 0 aliphatic heterocycles. The predicted octanol–water partition coefficient (Wildman–Crippen LogP) is 3.51. The summed E-state index contributed by atoms with van der Waals surface area (Å²) in [5, 5.41) is 0. The normalized spacial score (nSPS) is 12.0. The van der Waals surface area contributed by atoms with Gasteiger partial charge in [0.05, 0.1) is 12.7 Å². The second kappa shape index (κ2) is 6.17. The largest absolute Gasteiger partial charge is 0.369 e. The van der Waals surface area contributed by atoms with Gasteiger partial charge in [0.2, 0.25) is 0 Å². The zero-order valence-corrected chi connectivity index (χ0v) is 8.36. The van der Waals surface area contributed by atoms with Gasteiger partial charge in [-0.15, -0.1) is 13.2 Å². The first-order valence-corrected chi connectivity index (χ1v) is 4.76. The van der Waals surface area contributed by atoms with Crippen molar-refractivity contribution in [3.63, 3.8) is 0 Å². The molecule has 0 aliphatic carbocycles. The molecule has 1 heteroatoms. The van der Waals surface area contributed by atoms with Crippen LogP contribution < -0.4 is 0 Å². The highest BCUT2D eigenvalue weighted by atomic mass is 16.5. The highest BCUT2D eigenvalue weighted by Crippen LogP contribution is 2.20. The van der Waals surface area contributed by atoms with E-state index in [2.05, 4.69) is 25.3 Å². The fourth-order valence-electron chi connectivity index (χ4n) is 1.30. The third kappa shape index (κ3) is 3.19. The molecule has 14 heavy (non-hydrogen) atoms. The summed E-state index contributed by atoms with van der Waals surface area (Å²) in [7, 11) is 0. The van der Waals surface area contributed by atoms with Crippen LogP contribution in [0.25, 0.3) is 0 Å². The van der Waals surface area contributed by atoms with Gasteiger partial charge in [-0.25, -0.2) is 0 Å². The molecule has 74 valence electrons. The molecule has 0 aromatic heterocycles. The Bertz CT molecular complexity index is 277. The van der Waals surface area contributed by atoms with Crippen molar-refractivity contribution in [1.29, 1.82) is 0 Å². The molecule has 1 atom stereocenters. The molecule has 0 unspecified atom stereocenters. The molecule has 1 nitrogen and oxygen atoms in total. The Morgan fingerprint density at radius 2 is 1.86 bits per heavy atom. The molecule has 0 heterocycles. The fourth-order valence-corrected chi connectivity index (χ4v) is 1.30. The SMILES string of the molecule is C=CCO[C@H](CC=C)c1ccccc1. The van der Waals surface area contributed by atoms with Crippen LogP contribution in [-0.2, 0) is 4.74 Å². The minimum absolute atomic E-state index is 0.103. The van der Waals surface area contributed by atoms with Gasteiger partial charge < -0.3 is 4.74 Å². The van der Waals surface area contributed by atoms with Crippen LogP contribution in [0.1, 0.15) is 18.1 Å². The molecule has 1 aromatic rings. The second-order valence-corrected chi connectivity index (χ2v) is 3.05. The summed E-state index contributed by atoms with van der Waals surface area (Å²) < 4.78 is 5.63. The molecular weight excluding hydrogens is 172 g/mol. The van der Waals surface area contributed by atoms with Crippen LogP contribution in [0, 0.1) is 0 Å². The van der Waals surface area contributed by atoms with E-state index in [1.165, 1.54) is 5.56 Å². The Hall–Kier alpha value is -1.34. The molecule has 0 spiro atoms. The van der Waals surface area contributed by atoms with E-state index >= 15 is 0 Å². The van der Waals surface area contributed by atoms with Crippen LogP contribution in [0.5, 0.6) is 0 Å². The number of hydrogen-bond donors (Lipinski definition) is 0. The Labute approximate surface area is 85.7 Å². The molecule has 0 fully saturated rings. The van der Waals surface area contributed by atoms with Crippen molar-refractivity contribution < 1.29 is 4.74 Å². The van der Waals surface area contributed by atoms with Crippen LogP contribution in [0.2, 0.25) is 0 Å². The lowest BCUT2D eigenvalue weighted by atomic mass is 10.1. The Morgan fingerprint density at radius 3 is 2.43 bits per heavy atom. The smallest absolute Gasteiger partial charge is 0.0863 e. The molecule has 0 saturated heterocycles. The van der Waals surface area contributed by atoms with E-state index in [9.17, 15) is 0 Å². The average Bonchev–Trinajstić information content (AvgIpc) is 2.25. The van der Waals surface area contributed by atoms with Gasteiger partial charge in [0, 0.05) is 0 Å². The number of rotatable bonds is 6. The lowest BCUT2D eigenvalue weighted by molar-refractivity contribution is 0.0766. The molecule has 0 amide bonds. The topological polar surface area (TPSA) is 9.23 Å². The zero-order valence-electron chi connectivity index (χ0n) is 8.36. The molecule has 1 rings (SSSR count). The fraction of sp³-hybridized carbons (Fsp3) is 0.231. The van der Waals surface area contributed by atoms with E-state index in [-0.39, 0.29) is 6.10 Å². The van der Waals surface area contributed by atoms with Crippen LogP contribution in [0.3, 0.4) is 0 Å². The van der Waals surface area contributed by atoms with Gasteiger partial charge in [-0.05, 0) is 12.0 Å². The average molecular weight is 188 g/mol. The molecule has 0 aliphatic rings. The molecule has 0 bridgehead atoms. The molecule has 0 saturated carbocycles. The van der Waals surface area contributed by atoms with Gasteiger partial charge in [-0.3, -0.25) is 0 Å². The summed E-state index contributed by atoms with van der Waals surface area (Å²) in [5.74, 6) is 0. The molecule has 1 aromatic carbocycles. The van der Waals surface area contributed by atoms with Crippen LogP contribution in [0.4, 0.5) is 0 Å². The highest BCUT2D eigenvalue weighted by Gasteiger charge is 2.08. The Kier molecular flexibility index (Phi) is 4.73. The van der Waals surface area contributed by atoms with E-state index in [1.807, 2.05) is 24.3 Å². The maximum Gasteiger partial charge on any atom is 0.0863 e. The lowest BCUT2D eigenvalue weighted by Crippen LogP contribution is -2.03. The molecular formula is C13H16O. The van der Waals surface area contributed by atoms with Crippen molar-refractivity contribution in [1.82, 2.24) is 0 Å². The van der Waals surface area contributed by atoms with Gasteiger partial charge in [-0.2, -0.15) is 0 Å². The van der Waals surface area contributed by atoms with E-state index in [1.54, 1.807) is 6.08 Å². The van der Waals surface area contributed by atoms with Crippen molar-refractivity contribution in [2.75, 3.05) is 6.61 Å². The quantitative estimate of drug-likeness (QED) is 0.621. The summed E-state index contributed by atoms with van der Waals surface area (Å²) in [6, 6.07) is 10.2. The standard InChI is InChI=1S/C13H16O/c1-3-8-13(14-11-4-2)12-9-6-5-7-10-12/h3-7,9-10,13H,1-2,8,11H2/t13-/m1/s1.